The summed E-state index contributed by atoms with van der Waals surface area (Å²) < 4.78 is 6.29. The molecule has 0 bridgehead atoms. The molecule has 1 aliphatic heterocycles. The average Bonchev–Trinajstić information content (AvgIpc) is 3.50. The summed E-state index contributed by atoms with van der Waals surface area (Å²) in [4.78, 5) is 4.89. The van der Waals surface area contributed by atoms with Crippen molar-refractivity contribution in [2.75, 3.05) is 5.32 Å². The van der Waals surface area contributed by atoms with Crippen molar-refractivity contribution in [2.24, 2.45) is 10.9 Å². The van der Waals surface area contributed by atoms with Crippen LogP contribution in [0.4, 0.5) is 11.4 Å². The molecule has 3 nitrogen and oxygen atoms in total. The molecule has 0 saturated carbocycles. The first-order chi connectivity index (χ1) is 20.1. The molecule has 0 radical (unpaired) electrons. The number of aliphatic imine (C=N–C) groups is 1. The number of anilines is 1. The molecule has 1 heterocycles. The molecule has 5 aromatic rings. The first-order valence-electron chi connectivity index (χ1n) is 14.2. The number of ether oxygens (including phenoxy) is 1. The lowest BCUT2D eigenvalue weighted by atomic mass is 9.76. The Morgan fingerprint density at radius 3 is 2.63 bits per heavy atom. The molecule has 0 amide bonds. The third-order valence-electron chi connectivity index (χ3n) is 8.38. The smallest absolute Gasteiger partial charge is 0.129 e. The van der Waals surface area contributed by atoms with E-state index in [1.807, 2.05) is 42.6 Å². The van der Waals surface area contributed by atoms with Crippen molar-refractivity contribution in [3.05, 3.63) is 148 Å². The molecule has 2 aliphatic rings. The zero-order valence-electron chi connectivity index (χ0n) is 22.9. The molecule has 3 atom stereocenters. The van der Waals surface area contributed by atoms with Crippen LogP contribution in [0, 0.1) is 12.8 Å². The minimum absolute atomic E-state index is 0.270. The molecule has 0 saturated heterocycles. The maximum atomic E-state index is 6.38. The Hall–Kier alpha value is -4.34. The Morgan fingerprint density at radius 2 is 1.76 bits per heavy atom. The highest BCUT2D eigenvalue weighted by atomic mass is 35.5. The van der Waals surface area contributed by atoms with Gasteiger partial charge in [0.1, 0.15) is 12.4 Å². The molecule has 41 heavy (non-hydrogen) atoms. The van der Waals surface area contributed by atoms with Crippen LogP contribution in [0.2, 0.25) is 5.02 Å². The van der Waals surface area contributed by atoms with Gasteiger partial charge in [0.2, 0.25) is 0 Å². The van der Waals surface area contributed by atoms with Crippen LogP contribution >= 0.6 is 11.6 Å². The molecular formula is C37H31ClN2O. The van der Waals surface area contributed by atoms with E-state index in [-0.39, 0.29) is 6.04 Å². The summed E-state index contributed by atoms with van der Waals surface area (Å²) in [5, 5.41) is 6.79. The predicted molar refractivity (Wildman–Crippen MR) is 171 cm³/mol. The van der Waals surface area contributed by atoms with Crippen molar-refractivity contribution in [1.29, 1.82) is 0 Å². The second-order valence-corrected chi connectivity index (χ2v) is 11.4. The van der Waals surface area contributed by atoms with Gasteiger partial charge in [-0.3, -0.25) is 4.99 Å². The third-order valence-corrected chi connectivity index (χ3v) is 8.75. The molecule has 202 valence electrons. The van der Waals surface area contributed by atoms with E-state index in [4.69, 9.17) is 21.3 Å². The predicted octanol–water partition coefficient (Wildman–Crippen LogP) is 9.96. The van der Waals surface area contributed by atoms with Crippen LogP contribution in [0.1, 0.15) is 46.2 Å². The lowest BCUT2D eigenvalue weighted by Crippen LogP contribution is -2.29. The van der Waals surface area contributed by atoms with E-state index in [0.717, 1.165) is 39.8 Å². The lowest BCUT2D eigenvalue weighted by molar-refractivity contribution is 0.306. The van der Waals surface area contributed by atoms with Gasteiger partial charge in [0.05, 0.1) is 11.7 Å². The highest BCUT2D eigenvalue weighted by Gasteiger charge is 2.37. The fraction of sp³-hybridized carbons (Fsp3) is 0.162. The largest absolute Gasteiger partial charge is 0.488 e. The van der Waals surface area contributed by atoms with E-state index in [0.29, 0.717) is 23.5 Å². The number of hydrogen-bond donors (Lipinski definition) is 1. The Labute approximate surface area is 246 Å². The van der Waals surface area contributed by atoms with Gasteiger partial charge in [0.15, 0.2) is 0 Å². The van der Waals surface area contributed by atoms with Crippen LogP contribution in [0.15, 0.2) is 120 Å². The topological polar surface area (TPSA) is 33.6 Å². The fourth-order valence-corrected chi connectivity index (χ4v) is 6.45. The van der Waals surface area contributed by atoms with Crippen LogP contribution in [-0.2, 0) is 6.61 Å². The number of aryl methyl sites for hydroxylation is 1. The Balaban J connectivity index is 1.16. The van der Waals surface area contributed by atoms with Gasteiger partial charge in [-0.1, -0.05) is 102 Å². The Kier molecular flexibility index (Phi) is 6.82. The summed E-state index contributed by atoms with van der Waals surface area (Å²) in [7, 11) is 0. The van der Waals surface area contributed by atoms with E-state index >= 15 is 0 Å². The van der Waals surface area contributed by atoms with E-state index in [1.165, 1.54) is 22.4 Å². The molecule has 4 heteroatoms. The second-order valence-electron chi connectivity index (χ2n) is 11.0. The summed E-state index contributed by atoms with van der Waals surface area (Å²) in [6, 6.07) is 35.9. The maximum Gasteiger partial charge on any atom is 0.129 e. The number of hydrogen-bond acceptors (Lipinski definition) is 3. The molecule has 0 aromatic heterocycles. The van der Waals surface area contributed by atoms with Crippen LogP contribution in [0.5, 0.6) is 5.75 Å². The third kappa shape index (κ3) is 5.03. The number of benzene rings is 5. The van der Waals surface area contributed by atoms with E-state index in [9.17, 15) is 0 Å². The highest BCUT2D eigenvalue weighted by Crippen LogP contribution is 2.50. The highest BCUT2D eigenvalue weighted by molar-refractivity contribution is 6.31. The number of halogens is 1. The molecule has 1 aliphatic carbocycles. The number of nitrogens with one attached hydrogen (secondary N) is 1. The molecule has 1 N–H and O–H groups in total. The summed E-state index contributed by atoms with van der Waals surface area (Å²) in [6.07, 6.45) is 7.75. The number of rotatable bonds is 6. The first kappa shape index (κ1) is 25.6. The Bertz CT molecular complexity index is 1790. The van der Waals surface area contributed by atoms with E-state index in [1.54, 1.807) is 0 Å². The van der Waals surface area contributed by atoms with Crippen LogP contribution in [0.3, 0.4) is 0 Å². The standard InChI is InChI=1S/C37H31ClN2O/c1-24-13-19-35-32(21-24)30-10-6-11-31(30)37(40-35)26-14-17-28(18-15-26)39-22-33-29-9-4-2-7-25(29)16-20-36(33)41-23-27-8-3-5-12-34(27)38/h2-10,12-22,30-31,37,40H,11,23H2,1H3/t30-,31-,37-/m1/s1. The van der Waals surface area contributed by atoms with Gasteiger partial charge in [-0.2, -0.15) is 0 Å². The molecule has 7 rings (SSSR count). The first-order valence-corrected chi connectivity index (χ1v) is 14.6. The fourth-order valence-electron chi connectivity index (χ4n) is 6.26. The summed E-state index contributed by atoms with van der Waals surface area (Å²) in [5.41, 5.74) is 8.09. The number of nitrogens with zero attached hydrogens (tertiary/aromatic N) is 1. The van der Waals surface area contributed by atoms with E-state index < -0.39 is 0 Å². The summed E-state index contributed by atoms with van der Waals surface area (Å²) in [5.74, 6) is 1.76. The summed E-state index contributed by atoms with van der Waals surface area (Å²) >= 11 is 6.38. The second kappa shape index (κ2) is 10.9. The van der Waals surface area contributed by atoms with E-state index in [2.05, 4.69) is 91.1 Å². The molecule has 0 fully saturated rings. The number of fused-ring (bicyclic) bond motifs is 4. The van der Waals surface area contributed by atoms with Crippen LogP contribution in [-0.4, -0.2) is 6.21 Å². The van der Waals surface area contributed by atoms with Gasteiger partial charge >= 0.3 is 0 Å². The van der Waals surface area contributed by atoms with Gasteiger partial charge in [-0.15, -0.1) is 0 Å². The van der Waals surface area contributed by atoms with Gasteiger partial charge in [0.25, 0.3) is 0 Å². The van der Waals surface area contributed by atoms with Crippen molar-refractivity contribution in [3.8, 4) is 5.75 Å². The van der Waals surface area contributed by atoms with Crippen LogP contribution < -0.4 is 10.1 Å². The van der Waals surface area contributed by atoms with Crippen LogP contribution in [0.25, 0.3) is 10.8 Å². The molecule has 0 spiro atoms. The van der Waals surface area contributed by atoms with Crippen molar-refractivity contribution >= 4 is 40.0 Å². The van der Waals surface area contributed by atoms with Crippen molar-refractivity contribution in [1.82, 2.24) is 0 Å². The average molecular weight is 555 g/mol. The minimum Gasteiger partial charge on any atom is -0.488 e. The molecular weight excluding hydrogens is 524 g/mol. The maximum absolute atomic E-state index is 6.38. The van der Waals surface area contributed by atoms with Gasteiger partial charge in [-0.05, 0) is 71.5 Å². The van der Waals surface area contributed by atoms with Crippen molar-refractivity contribution in [2.45, 2.75) is 31.9 Å². The lowest BCUT2D eigenvalue weighted by Gasteiger charge is -2.37. The molecule has 0 unspecified atom stereocenters. The zero-order chi connectivity index (χ0) is 27.8. The minimum atomic E-state index is 0.270. The van der Waals surface area contributed by atoms with Gasteiger partial charge in [-0.25, -0.2) is 0 Å². The van der Waals surface area contributed by atoms with Crippen molar-refractivity contribution < 1.29 is 4.74 Å². The monoisotopic (exact) mass is 554 g/mol. The zero-order valence-corrected chi connectivity index (χ0v) is 23.7. The Morgan fingerprint density at radius 1 is 0.927 bits per heavy atom. The normalized spacial score (nSPS) is 19.2. The summed E-state index contributed by atoms with van der Waals surface area (Å²) in [6.45, 7) is 2.56. The molecule has 5 aromatic carbocycles. The van der Waals surface area contributed by atoms with Gasteiger partial charge in [0, 0.05) is 34.0 Å². The van der Waals surface area contributed by atoms with Gasteiger partial charge < -0.3 is 10.1 Å². The SMILES string of the molecule is Cc1ccc2c(c1)[C@@H]1C=CC[C@H]1[C@@H](c1ccc(N=Cc3c(OCc4ccccc4Cl)ccc4ccccc34)cc1)N2. The number of allylic oxidation sites excluding steroid dienone is 2. The van der Waals surface area contributed by atoms with Crippen molar-refractivity contribution in [3.63, 3.8) is 0 Å². The quantitative estimate of drug-likeness (QED) is 0.167.